The van der Waals surface area contributed by atoms with Crippen molar-refractivity contribution in [2.24, 2.45) is 0 Å². The van der Waals surface area contributed by atoms with Gasteiger partial charge in [-0.3, -0.25) is 19.2 Å². The van der Waals surface area contributed by atoms with Gasteiger partial charge >= 0.3 is 0 Å². The van der Waals surface area contributed by atoms with E-state index in [9.17, 15) is 19.2 Å². The number of rotatable bonds is 2. The Morgan fingerprint density at radius 1 is 0.679 bits per heavy atom. The Hall–Kier alpha value is -3.62. The van der Waals surface area contributed by atoms with Crippen molar-refractivity contribution in [1.29, 1.82) is 0 Å². The van der Waals surface area contributed by atoms with E-state index >= 15 is 0 Å². The Morgan fingerprint density at radius 2 is 1.21 bits per heavy atom. The minimum Gasteiger partial charge on any atom is -0.508 e. The third-order valence-electron chi connectivity index (χ3n) is 3.26. The van der Waals surface area contributed by atoms with Crippen molar-refractivity contribution in [2.75, 3.05) is 6.61 Å². The van der Waals surface area contributed by atoms with E-state index < -0.39 is 0 Å². The maximum atomic E-state index is 10.7. The molecule has 1 aromatic rings. The maximum absolute atomic E-state index is 10.7. The number of hydrogen-bond donors (Lipinski definition) is 4. The van der Waals surface area contributed by atoms with E-state index in [1.54, 1.807) is 0 Å². The van der Waals surface area contributed by atoms with Gasteiger partial charge < -0.3 is 20.4 Å². The van der Waals surface area contributed by atoms with Gasteiger partial charge in [0, 0.05) is 11.1 Å². The number of ketones is 4. The maximum Gasteiger partial charge on any atom is 0.184 e. The van der Waals surface area contributed by atoms with Gasteiger partial charge in [-0.2, -0.15) is 0 Å². The van der Waals surface area contributed by atoms with Crippen LogP contribution in [0.3, 0.4) is 0 Å². The van der Waals surface area contributed by atoms with Crippen LogP contribution in [0.5, 0.6) is 11.5 Å². The van der Waals surface area contributed by atoms with Crippen molar-refractivity contribution in [2.45, 2.75) is 6.61 Å². The molecule has 8 heteroatoms. The average Bonchev–Trinajstić information content (AvgIpc) is 2.69. The third-order valence-corrected chi connectivity index (χ3v) is 3.26. The highest BCUT2D eigenvalue weighted by Crippen LogP contribution is 2.21. The summed E-state index contributed by atoms with van der Waals surface area (Å²) in [6.45, 7) is -0.630. The summed E-state index contributed by atoms with van der Waals surface area (Å²) in [6, 6.07) is 4.00. The molecule has 0 amide bonds. The summed E-state index contributed by atoms with van der Waals surface area (Å²) in [6.07, 6.45) is 8.49. The topological polar surface area (TPSA) is 149 Å². The lowest BCUT2D eigenvalue weighted by Crippen LogP contribution is -2.10. The van der Waals surface area contributed by atoms with E-state index in [4.69, 9.17) is 20.4 Å². The molecule has 0 saturated carbocycles. The van der Waals surface area contributed by atoms with Crippen molar-refractivity contribution in [3.63, 3.8) is 0 Å². The van der Waals surface area contributed by atoms with Gasteiger partial charge in [0.2, 0.25) is 0 Å². The van der Waals surface area contributed by atoms with E-state index in [-0.39, 0.29) is 53.4 Å². The Labute approximate surface area is 160 Å². The van der Waals surface area contributed by atoms with Gasteiger partial charge in [-0.1, -0.05) is 0 Å². The highest BCUT2D eigenvalue weighted by Gasteiger charge is 2.10. The Bertz CT molecular complexity index is 849. The molecule has 0 fully saturated rings. The van der Waals surface area contributed by atoms with Crippen LogP contribution in [0.25, 0.3) is 0 Å². The lowest BCUT2D eigenvalue weighted by Gasteiger charge is -2.00. The quantitative estimate of drug-likeness (QED) is 0.423. The summed E-state index contributed by atoms with van der Waals surface area (Å²) in [5, 5.41) is 34.9. The number of phenolic OH excluding ortho intramolecular Hbond substituents is 1. The zero-order valence-corrected chi connectivity index (χ0v) is 14.6. The second-order valence-corrected chi connectivity index (χ2v) is 5.37. The molecule has 0 heterocycles. The van der Waals surface area contributed by atoms with Crippen LogP contribution in [0.4, 0.5) is 0 Å². The highest BCUT2D eigenvalue weighted by atomic mass is 16.3. The predicted molar refractivity (Wildman–Crippen MR) is 98.3 cm³/mol. The molecule has 8 nitrogen and oxygen atoms in total. The molecule has 2 aliphatic carbocycles. The minimum absolute atomic E-state index is 0.000278. The number of allylic oxidation sites excluding steroid dienone is 7. The summed E-state index contributed by atoms with van der Waals surface area (Å²) in [4.78, 5) is 41.8. The first-order valence-corrected chi connectivity index (χ1v) is 7.90. The molecule has 0 unspecified atom stereocenters. The Morgan fingerprint density at radius 3 is 1.64 bits per heavy atom. The third kappa shape index (κ3) is 7.73. The molecule has 2 aliphatic rings. The normalized spacial score (nSPS) is 14.7. The van der Waals surface area contributed by atoms with E-state index in [1.165, 1.54) is 48.6 Å². The van der Waals surface area contributed by atoms with Crippen LogP contribution in [0.15, 0.2) is 66.3 Å². The minimum atomic E-state index is -0.366. The predicted octanol–water partition coefficient (Wildman–Crippen LogP) is 0.454. The van der Waals surface area contributed by atoms with Crippen LogP contribution in [0, 0.1) is 0 Å². The fourth-order valence-corrected chi connectivity index (χ4v) is 1.82. The summed E-state index contributed by atoms with van der Waals surface area (Å²) in [5.41, 5.74) is 0.493. The fourth-order valence-electron chi connectivity index (χ4n) is 1.82. The molecular weight excluding hydrogens is 368 g/mol. The number of benzene rings is 1. The van der Waals surface area contributed by atoms with Crippen LogP contribution >= 0.6 is 0 Å². The SMILES string of the molecule is O=C1C=CC(=O)C(CO)=C1.O=C1C=CC(=O)C=C1.OCc1cc(O)ccc1O. The van der Waals surface area contributed by atoms with Crippen molar-refractivity contribution in [3.8, 4) is 11.5 Å². The van der Waals surface area contributed by atoms with Gasteiger partial charge in [0.25, 0.3) is 0 Å². The average molecular weight is 386 g/mol. The molecule has 0 saturated heterocycles. The lowest BCUT2D eigenvalue weighted by atomic mass is 10.1. The van der Waals surface area contributed by atoms with Crippen LogP contribution < -0.4 is 0 Å². The van der Waals surface area contributed by atoms with Crippen molar-refractivity contribution in [1.82, 2.24) is 0 Å². The molecule has 1 aromatic carbocycles. The number of carbonyl (C=O) groups excluding carboxylic acids is 4. The van der Waals surface area contributed by atoms with Crippen molar-refractivity contribution in [3.05, 3.63) is 71.9 Å². The number of hydrogen-bond acceptors (Lipinski definition) is 8. The van der Waals surface area contributed by atoms with Crippen molar-refractivity contribution < 1.29 is 39.6 Å². The van der Waals surface area contributed by atoms with Crippen LogP contribution in [-0.4, -0.2) is 50.2 Å². The number of aliphatic hydroxyl groups excluding tert-OH is 2. The monoisotopic (exact) mass is 386 g/mol. The molecular formula is C20H18O8. The molecule has 0 radical (unpaired) electrons. The van der Waals surface area contributed by atoms with E-state index in [2.05, 4.69) is 0 Å². The smallest absolute Gasteiger partial charge is 0.184 e. The van der Waals surface area contributed by atoms with Gasteiger partial charge in [0.1, 0.15) is 11.5 Å². The summed E-state index contributed by atoms with van der Waals surface area (Å²) < 4.78 is 0. The molecule has 146 valence electrons. The summed E-state index contributed by atoms with van der Waals surface area (Å²) >= 11 is 0. The number of aromatic hydroxyl groups is 2. The molecule has 0 spiro atoms. The lowest BCUT2D eigenvalue weighted by molar-refractivity contribution is -0.114. The zero-order valence-electron chi connectivity index (χ0n) is 14.6. The molecule has 0 aromatic heterocycles. The second-order valence-electron chi connectivity index (χ2n) is 5.37. The fraction of sp³-hybridized carbons (Fsp3) is 0.100. The summed E-state index contributed by atoms with van der Waals surface area (Å²) in [7, 11) is 0. The number of carbonyl (C=O) groups is 4. The standard InChI is InChI=1S/C7H8O3.C7H6O3.C6H4O2/c2*8-4-5-3-6(9)1-2-7(5)10;7-5-1-2-6(8)4-3-5/h1-3,8-10H,4H2;1-3,8H,4H2;1-4H. The number of aliphatic hydroxyl groups is 2. The molecule has 0 bridgehead atoms. The second kappa shape index (κ2) is 11.2. The first-order valence-electron chi connectivity index (χ1n) is 7.90. The molecule has 0 aliphatic heterocycles. The van der Waals surface area contributed by atoms with Gasteiger partial charge in [0.05, 0.1) is 13.2 Å². The van der Waals surface area contributed by atoms with Crippen molar-refractivity contribution >= 4 is 23.1 Å². The van der Waals surface area contributed by atoms with Gasteiger partial charge in [-0.25, -0.2) is 0 Å². The summed E-state index contributed by atoms with van der Waals surface area (Å²) in [5.74, 6) is -0.734. The van der Waals surface area contributed by atoms with Crippen LogP contribution in [-0.2, 0) is 25.8 Å². The van der Waals surface area contributed by atoms with Crippen LogP contribution in [0.1, 0.15) is 5.56 Å². The van der Waals surface area contributed by atoms with Gasteiger partial charge in [-0.15, -0.1) is 0 Å². The molecule has 3 rings (SSSR count). The zero-order chi connectivity index (χ0) is 21.1. The van der Waals surface area contributed by atoms with E-state index in [0.717, 1.165) is 12.2 Å². The van der Waals surface area contributed by atoms with Gasteiger partial charge in [0.15, 0.2) is 23.1 Å². The Kier molecular flexibility index (Phi) is 8.94. The van der Waals surface area contributed by atoms with Gasteiger partial charge in [-0.05, 0) is 60.7 Å². The first kappa shape index (κ1) is 22.4. The Balaban J connectivity index is 0.000000212. The molecule has 4 N–H and O–H groups in total. The van der Waals surface area contributed by atoms with Crippen LogP contribution in [0.2, 0.25) is 0 Å². The van der Waals surface area contributed by atoms with E-state index in [0.29, 0.717) is 5.56 Å². The first-order chi connectivity index (χ1) is 13.3. The number of phenols is 2. The largest absolute Gasteiger partial charge is 0.508 e. The molecule has 0 atom stereocenters. The molecule has 28 heavy (non-hydrogen) atoms. The van der Waals surface area contributed by atoms with E-state index in [1.807, 2.05) is 0 Å². The highest BCUT2D eigenvalue weighted by molar-refractivity contribution is 6.17.